The molecule has 1 aliphatic rings. The zero-order chi connectivity index (χ0) is 21.2. The predicted octanol–water partition coefficient (Wildman–Crippen LogP) is 2.77. The summed E-state index contributed by atoms with van der Waals surface area (Å²) in [5.41, 5.74) is 2.52. The molecule has 156 valence electrons. The van der Waals surface area contributed by atoms with Crippen LogP contribution >= 0.6 is 11.6 Å². The Balaban J connectivity index is 1.87. The van der Waals surface area contributed by atoms with Crippen LogP contribution in [0.15, 0.2) is 41.3 Å². The fourth-order valence-electron chi connectivity index (χ4n) is 3.39. The monoisotopic (exact) mass is 438 g/mol. The van der Waals surface area contributed by atoms with Gasteiger partial charge in [0.1, 0.15) is 10.6 Å². The number of halogens is 1. The highest BCUT2D eigenvalue weighted by Crippen LogP contribution is 2.28. The van der Waals surface area contributed by atoms with Gasteiger partial charge in [-0.25, -0.2) is 8.42 Å². The molecule has 0 radical (unpaired) electrons. The third kappa shape index (κ3) is 4.25. The molecule has 1 heterocycles. The Kier molecular flexibility index (Phi) is 6.48. The van der Waals surface area contributed by atoms with Gasteiger partial charge in [0.05, 0.1) is 19.2 Å². The van der Waals surface area contributed by atoms with Gasteiger partial charge in [0, 0.05) is 25.7 Å². The van der Waals surface area contributed by atoms with Gasteiger partial charge in [-0.1, -0.05) is 28.2 Å². The summed E-state index contributed by atoms with van der Waals surface area (Å²) in [4.78, 5) is 19.4. The third-order valence-electron chi connectivity index (χ3n) is 5.07. The molecule has 29 heavy (non-hydrogen) atoms. The van der Waals surface area contributed by atoms with Crippen molar-refractivity contribution in [3.05, 3.63) is 58.1 Å². The average Bonchev–Trinajstić information content (AvgIpc) is 2.95. The van der Waals surface area contributed by atoms with Gasteiger partial charge in [-0.2, -0.15) is 0 Å². The Labute approximate surface area is 175 Å². The van der Waals surface area contributed by atoms with Crippen molar-refractivity contribution in [3.63, 3.8) is 0 Å². The summed E-state index contributed by atoms with van der Waals surface area (Å²) in [6.45, 7) is 1.04. The predicted molar refractivity (Wildman–Crippen MR) is 110 cm³/mol. The van der Waals surface area contributed by atoms with E-state index in [0.29, 0.717) is 30.4 Å². The summed E-state index contributed by atoms with van der Waals surface area (Å²) in [5, 5.41) is 0.0263. The normalized spacial score (nSPS) is 14.4. The van der Waals surface area contributed by atoms with Gasteiger partial charge in [0.15, 0.2) is 0 Å². The maximum Gasteiger partial charge on any atom is 0.266 e. The number of ether oxygens (including phenoxy) is 1. The Morgan fingerprint density at radius 2 is 1.86 bits per heavy atom. The van der Waals surface area contributed by atoms with Gasteiger partial charge in [-0.15, -0.1) is 0 Å². The first-order chi connectivity index (χ1) is 13.8. The number of sulfonamides is 1. The van der Waals surface area contributed by atoms with Crippen LogP contribution < -0.4 is 4.74 Å². The molecule has 2 aromatic rings. The van der Waals surface area contributed by atoms with Crippen LogP contribution in [-0.2, 0) is 27.7 Å². The van der Waals surface area contributed by atoms with Gasteiger partial charge in [0.2, 0.25) is 0 Å². The number of amides is 1. The highest BCUT2D eigenvalue weighted by Gasteiger charge is 2.27. The second kappa shape index (κ2) is 8.71. The SMILES string of the molecule is COc1cccc2c1CCN(C(=O)c1ccc(Cl)c(S(=O)(=O)N(C)OC)c1)CC2. The molecule has 7 nitrogen and oxygen atoms in total. The molecule has 3 rings (SSSR count). The van der Waals surface area contributed by atoms with E-state index < -0.39 is 10.0 Å². The fraction of sp³-hybridized carbons (Fsp3) is 0.350. The number of carbonyl (C=O) groups is 1. The summed E-state index contributed by atoms with van der Waals surface area (Å²) in [6, 6.07) is 10.2. The minimum Gasteiger partial charge on any atom is -0.496 e. The zero-order valence-corrected chi connectivity index (χ0v) is 18.1. The maximum atomic E-state index is 13.1. The van der Waals surface area contributed by atoms with Gasteiger partial charge in [0.25, 0.3) is 15.9 Å². The topological polar surface area (TPSA) is 76.2 Å². The van der Waals surface area contributed by atoms with Crippen LogP contribution in [-0.4, -0.2) is 58.1 Å². The summed E-state index contributed by atoms with van der Waals surface area (Å²) in [6.07, 6.45) is 1.36. The molecular formula is C20H23ClN2O5S. The number of rotatable bonds is 5. The van der Waals surface area contributed by atoms with E-state index in [9.17, 15) is 13.2 Å². The van der Waals surface area contributed by atoms with Crippen LogP contribution in [0.5, 0.6) is 5.75 Å². The number of benzene rings is 2. The molecule has 0 saturated heterocycles. The standard InChI is InChI=1S/C20H23ClN2O5S/c1-22(28-3)29(25,26)19-13-15(7-8-17(19)21)20(24)23-11-9-14-5-4-6-18(27-2)16(14)10-12-23/h4-8,13H,9-12H2,1-3H3. The Bertz CT molecular complexity index is 1030. The Morgan fingerprint density at radius 3 is 2.55 bits per heavy atom. The van der Waals surface area contributed by atoms with Gasteiger partial charge < -0.3 is 9.64 Å². The van der Waals surface area contributed by atoms with Crippen molar-refractivity contribution in [1.29, 1.82) is 0 Å². The zero-order valence-electron chi connectivity index (χ0n) is 16.5. The average molecular weight is 439 g/mol. The quantitative estimate of drug-likeness (QED) is 0.671. The molecule has 0 aliphatic carbocycles. The molecule has 0 spiro atoms. The molecule has 0 N–H and O–H groups in total. The maximum absolute atomic E-state index is 13.1. The second-order valence-electron chi connectivity index (χ2n) is 6.63. The summed E-state index contributed by atoms with van der Waals surface area (Å²) >= 11 is 6.09. The summed E-state index contributed by atoms with van der Waals surface area (Å²) < 4.78 is 31.3. The lowest BCUT2D eigenvalue weighted by Gasteiger charge is -2.21. The lowest BCUT2D eigenvalue weighted by molar-refractivity contribution is -0.0258. The largest absolute Gasteiger partial charge is 0.496 e. The van der Waals surface area contributed by atoms with Crippen molar-refractivity contribution >= 4 is 27.5 Å². The number of nitrogens with zero attached hydrogens (tertiary/aromatic N) is 2. The van der Waals surface area contributed by atoms with E-state index in [2.05, 4.69) is 0 Å². The molecule has 0 unspecified atom stereocenters. The van der Waals surface area contributed by atoms with Gasteiger partial charge >= 0.3 is 0 Å². The van der Waals surface area contributed by atoms with E-state index in [1.807, 2.05) is 18.2 Å². The van der Waals surface area contributed by atoms with Gasteiger partial charge in [-0.05, 0) is 48.2 Å². The number of hydroxylamine groups is 1. The van der Waals surface area contributed by atoms with Crippen LogP contribution in [0.3, 0.4) is 0 Å². The van der Waals surface area contributed by atoms with Crippen molar-refractivity contribution < 1.29 is 22.8 Å². The number of carbonyl (C=O) groups excluding carboxylic acids is 1. The van der Waals surface area contributed by atoms with Crippen molar-refractivity contribution in [2.75, 3.05) is 34.4 Å². The molecule has 2 aromatic carbocycles. The van der Waals surface area contributed by atoms with E-state index >= 15 is 0 Å². The number of hydrogen-bond acceptors (Lipinski definition) is 5. The molecule has 1 amide bonds. The van der Waals surface area contributed by atoms with E-state index in [1.165, 1.54) is 32.4 Å². The highest BCUT2D eigenvalue weighted by molar-refractivity contribution is 7.89. The Morgan fingerprint density at radius 1 is 1.14 bits per heavy atom. The molecule has 0 saturated carbocycles. The Hall–Kier alpha value is -2.13. The van der Waals surface area contributed by atoms with Crippen LogP contribution in [0.4, 0.5) is 0 Å². The smallest absolute Gasteiger partial charge is 0.266 e. The summed E-state index contributed by atoms with van der Waals surface area (Å²) in [7, 11) is 0.164. The first kappa shape index (κ1) is 21.6. The lowest BCUT2D eigenvalue weighted by atomic mass is 10.0. The van der Waals surface area contributed by atoms with E-state index in [1.54, 1.807) is 12.0 Å². The number of fused-ring (bicyclic) bond motifs is 1. The molecule has 0 bridgehead atoms. The van der Waals surface area contributed by atoms with E-state index in [0.717, 1.165) is 16.9 Å². The molecule has 0 aromatic heterocycles. The van der Waals surface area contributed by atoms with Gasteiger partial charge in [-0.3, -0.25) is 9.63 Å². The summed E-state index contributed by atoms with van der Waals surface area (Å²) in [5.74, 6) is 0.573. The minimum atomic E-state index is -3.97. The lowest BCUT2D eigenvalue weighted by Crippen LogP contribution is -2.33. The second-order valence-corrected chi connectivity index (χ2v) is 8.94. The number of methoxy groups -OCH3 is 1. The van der Waals surface area contributed by atoms with Crippen LogP contribution in [0.2, 0.25) is 5.02 Å². The fourth-order valence-corrected chi connectivity index (χ4v) is 4.86. The third-order valence-corrected chi connectivity index (χ3v) is 7.23. The van der Waals surface area contributed by atoms with Crippen molar-refractivity contribution in [2.45, 2.75) is 17.7 Å². The molecular weight excluding hydrogens is 416 g/mol. The first-order valence-corrected chi connectivity index (χ1v) is 10.9. The van der Waals surface area contributed by atoms with Crippen LogP contribution in [0.25, 0.3) is 0 Å². The molecule has 0 fully saturated rings. The van der Waals surface area contributed by atoms with Crippen LogP contribution in [0.1, 0.15) is 21.5 Å². The van der Waals surface area contributed by atoms with Crippen LogP contribution in [0, 0.1) is 0 Å². The first-order valence-electron chi connectivity index (χ1n) is 9.06. The van der Waals surface area contributed by atoms with Crippen molar-refractivity contribution in [3.8, 4) is 5.75 Å². The van der Waals surface area contributed by atoms with E-state index in [-0.39, 0.29) is 21.4 Å². The number of hydrogen-bond donors (Lipinski definition) is 0. The van der Waals surface area contributed by atoms with Crippen molar-refractivity contribution in [1.82, 2.24) is 9.37 Å². The molecule has 0 atom stereocenters. The van der Waals surface area contributed by atoms with Crippen molar-refractivity contribution in [2.24, 2.45) is 0 Å². The minimum absolute atomic E-state index is 0.0263. The van der Waals surface area contributed by atoms with E-state index in [4.69, 9.17) is 21.2 Å². The molecule has 9 heteroatoms. The molecule has 1 aliphatic heterocycles. The highest BCUT2D eigenvalue weighted by atomic mass is 35.5.